The second-order valence-electron chi connectivity index (χ2n) is 12.0. The van der Waals surface area contributed by atoms with Crippen molar-refractivity contribution in [1.82, 2.24) is 30.0 Å². The lowest BCUT2D eigenvalue weighted by Crippen LogP contribution is -2.57. The van der Waals surface area contributed by atoms with Gasteiger partial charge in [0.1, 0.15) is 23.9 Å². The molecule has 6 heterocycles. The molecule has 4 atom stereocenters. The molecule has 0 saturated carbocycles. The molecule has 206 valence electrons. The fourth-order valence-electron chi connectivity index (χ4n) is 6.60. The van der Waals surface area contributed by atoms with Crippen molar-refractivity contribution in [3.05, 3.63) is 6.07 Å². The summed E-state index contributed by atoms with van der Waals surface area (Å²) in [5.41, 5.74) is 0.264. The van der Waals surface area contributed by atoms with E-state index in [-0.39, 0.29) is 29.7 Å². The summed E-state index contributed by atoms with van der Waals surface area (Å²) in [6, 6.07) is 1.97. The molecule has 0 N–H and O–H groups in total. The Kier molecular flexibility index (Phi) is 6.20. The number of alkyl halides is 1. The molecular weight excluding hydrogens is 493 g/mol. The van der Waals surface area contributed by atoms with Crippen LogP contribution in [0, 0.1) is 0 Å². The van der Waals surface area contributed by atoms with Crippen LogP contribution in [-0.4, -0.2) is 105 Å². The van der Waals surface area contributed by atoms with Gasteiger partial charge in [-0.3, -0.25) is 9.80 Å². The fraction of sp³-hybridized carbons (Fsp3) is 0.731. The Morgan fingerprint density at radius 1 is 1.16 bits per heavy atom. The molecule has 12 heteroatoms. The number of amides is 1. The van der Waals surface area contributed by atoms with Crippen LogP contribution in [0.1, 0.15) is 52.9 Å². The Morgan fingerprint density at radius 3 is 2.63 bits per heavy atom. The molecule has 1 amide bonds. The molecule has 0 radical (unpaired) electrons. The van der Waals surface area contributed by atoms with Crippen molar-refractivity contribution in [2.45, 2.75) is 82.3 Å². The van der Waals surface area contributed by atoms with Gasteiger partial charge in [-0.15, -0.1) is 10.2 Å². The number of piperazine rings is 1. The average molecular weight is 530 g/mol. The van der Waals surface area contributed by atoms with Gasteiger partial charge in [0.05, 0.1) is 24.7 Å². The van der Waals surface area contributed by atoms with Crippen molar-refractivity contribution in [3.63, 3.8) is 0 Å². The van der Waals surface area contributed by atoms with Crippen LogP contribution >= 0.6 is 0 Å². The van der Waals surface area contributed by atoms with Gasteiger partial charge in [-0.2, -0.15) is 9.97 Å². The topological polar surface area (TPSA) is 106 Å². The van der Waals surface area contributed by atoms with Gasteiger partial charge in [0.25, 0.3) is 0 Å². The number of methoxy groups -OCH3 is 1. The number of ether oxygens (including phenoxy) is 3. The standard InChI is InChI=1S/C26H36FN7O4/c1-25(2,3)38-24(35)34-17-6-7-18(34)14-32(13-17)22-21-19(10-20(36-4)30-31-21)28-23(29-22)37-15-26-8-5-9-33(26)12-16(27)11-26/h10,16-18H,5-9,11-15H2,1-4H3/t16-,17?,18?,26+/m1/s1. The first-order valence-corrected chi connectivity index (χ1v) is 13.5. The van der Waals surface area contributed by atoms with Crippen LogP contribution in [-0.2, 0) is 4.74 Å². The number of halogens is 1. The van der Waals surface area contributed by atoms with E-state index in [0.29, 0.717) is 55.4 Å². The Bertz CT molecular complexity index is 1210. The van der Waals surface area contributed by atoms with Gasteiger partial charge in [0.15, 0.2) is 11.3 Å². The second-order valence-corrected chi connectivity index (χ2v) is 12.0. The van der Waals surface area contributed by atoms with Crippen molar-refractivity contribution in [2.75, 3.05) is 44.8 Å². The van der Waals surface area contributed by atoms with Crippen LogP contribution in [0.3, 0.4) is 0 Å². The van der Waals surface area contributed by atoms with Gasteiger partial charge in [-0.25, -0.2) is 9.18 Å². The highest BCUT2D eigenvalue weighted by atomic mass is 19.1. The molecule has 2 unspecified atom stereocenters. The molecule has 0 aromatic carbocycles. The lowest BCUT2D eigenvalue weighted by atomic mass is 9.95. The summed E-state index contributed by atoms with van der Waals surface area (Å²) in [6.07, 6.45) is 3.12. The number of hydrogen-bond acceptors (Lipinski definition) is 10. The molecule has 4 fully saturated rings. The van der Waals surface area contributed by atoms with E-state index in [0.717, 1.165) is 32.2 Å². The van der Waals surface area contributed by atoms with Crippen molar-refractivity contribution in [1.29, 1.82) is 0 Å². The molecule has 11 nitrogen and oxygen atoms in total. The number of anilines is 1. The zero-order valence-electron chi connectivity index (χ0n) is 22.5. The highest BCUT2D eigenvalue weighted by Gasteiger charge is 2.49. The van der Waals surface area contributed by atoms with E-state index in [1.165, 1.54) is 7.11 Å². The van der Waals surface area contributed by atoms with Gasteiger partial charge in [0.2, 0.25) is 5.88 Å². The van der Waals surface area contributed by atoms with Gasteiger partial charge in [-0.05, 0) is 53.0 Å². The molecule has 2 aromatic rings. The number of rotatable bonds is 5. The third kappa shape index (κ3) is 4.56. The largest absolute Gasteiger partial charge is 0.480 e. The lowest BCUT2D eigenvalue weighted by molar-refractivity contribution is 0.0122. The van der Waals surface area contributed by atoms with Crippen LogP contribution in [0.2, 0.25) is 0 Å². The van der Waals surface area contributed by atoms with Crippen molar-refractivity contribution < 1.29 is 23.4 Å². The fourth-order valence-corrected chi connectivity index (χ4v) is 6.60. The van der Waals surface area contributed by atoms with E-state index in [1.54, 1.807) is 6.07 Å². The summed E-state index contributed by atoms with van der Waals surface area (Å²) in [5, 5.41) is 8.54. The van der Waals surface area contributed by atoms with Crippen LogP contribution in [0.5, 0.6) is 11.9 Å². The number of fused-ring (bicyclic) bond motifs is 4. The molecule has 0 aliphatic carbocycles. The van der Waals surface area contributed by atoms with E-state index >= 15 is 0 Å². The first kappa shape index (κ1) is 25.3. The van der Waals surface area contributed by atoms with Gasteiger partial charge in [0, 0.05) is 32.1 Å². The minimum Gasteiger partial charge on any atom is -0.480 e. The first-order valence-electron chi connectivity index (χ1n) is 13.5. The number of aromatic nitrogens is 4. The highest BCUT2D eigenvalue weighted by Crippen LogP contribution is 2.41. The predicted molar refractivity (Wildman–Crippen MR) is 137 cm³/mol. The highest BCUT2D eigenvalue weighted by molar-refractivity contribution is 5.86. The summed E-state index contributed by atoms with van der Waals surface area (Å²) in [5.74, 6) is 0.969. The molecule has 2 aromatic heterocycles. The molecule has 4 aliphatic heterocycles. The Hall–Kier alpha value is -3.02. The van der Waals surface area contributed by atoms with E-state index in [4.69, 9.17) is 19.2 Å². The van der Waals surface area contributed by atoms with Crippen LogP contribution < -0.4 is 14.4 Å². The average Bonchev–Trinajstić information content (AvgIpc) is 3.48. The maximum absolute atomic E-state index is 14.3. The number of hydrogen-bond donors (Lipinski definition) is 0. The van der Waals surface area contributed by atoms with Crippen LogP contribution in [0.15, 0.2) is 6.07 Å². The number of nitrogens with zero attached hydrogens (tertiary/aromatic N) is 7. The lowest BCUT2D eigenvalue weighted by Gasteiger charge is -2.41. The van der Waals surface area contributed by atoms with Crippen molar-refractivity contribution >= 4 is 22.9 Å². The van der Waals surface area contributed by atoms with Crippen LogP contribution in [0.4, 0.5) is 15.0 Å². The van der Waals surface area contributed by atoms with Gasteiger partial charge >= 0.3 is 12.1 Å². The molecule has 4 aliphatic rings. The summed E-state index contributed by atoms with van der Waals surface area (Å²) >= 11 is 0. The molecule has 2 bridgehead atoms. The molecule has 6 rings (SSSR count). The summed E-state index contributed by atoms with van der Waals surface area (Å²) in [6.45, 7) is 8.53. The third-order valence-electron chi connectivity index (χ3n) is 8.21. The van der Waals surface area contributed by atoms with Gasteiger partial charge < -0.3 is 19.1 Å². The number of carbonyl (C=O) groups excluding carboxylic acids is 1. The normalized spacial score (nSPS) is 29.1. The van der Waals surface area contributed by atoms with E-state index < -0.39 is 11.8 Å². The van der Waals surface area contributed by atoms with Crippen molar-refractivity contribution in [3.8, 4) is 11.9 Å². The maximum Gasteiger partial charge on any atom is 0.410 e. The minimum atomic E-state index is -0.830. The minimum absolute atomic E-state index is 0.00936. The molecule has 4 saturated heterocycles. The SMILES string of the molecule is COc1cc2nc(OC[C@@]34CCCN3C[C@H](F)C4)nc(N3CC4CCC(C3)N4C(=O)OC(C)(C)C)c2nn1. The monoisotopic (exact) mass is 529 g/mol. The Labute approximate surface area is 221 Å². The van der Waals surface area contributed by atoms with E-state index in [1.807, 2.05) is 25.7 Å². The quantitative estimate of drug-likeness (QED) is 0.574. The van der Waals surface area contributed by atoms with Crippen molar-refractivity contribution in [2.24, 2.45) is 0 Å². The van der Waals surface area contributed by atoms with Gasteiger partial charge in [-0.1, -0.05) is 0 Å². The molecule has 38 heavy (non-hydrogen) atoms. The maximum atomic E-state index is 14.3. The smallest absolute Gasteiger partial charge is 0.410 e. The summed E-state index contributed by atoms with van der Waals surface area (Å²) in [4.78, 5) is 28.6. The van der Waals surface area contributed by atoms with E-state index in [2.05, 4.69) is 25.0 Å². The summed E-state index contributed by atoms with van der Waals surface area (Å²) in [7, 11) is 1.53. The Balaban J connectivity index is 1.28. The predicted octanol–water partition coefficient (Wildman–Crippen LogP) is 2.97. The first-order chi connectivity index (χ1) is 18.1. The summed E-state index contributed by atoms with van der Waals surface area (Å²) < 4.78 is 31.5. The van der Waals surface area contributed by atoms with E-state index in [9.17, 15) is 9.18 Å². The Morgan fingerprint density at radius 2 is 1.92 bits per heavy atom. The second kappa shape index (κ2) is 9.32. The molecule has 0 spiro atoms. The zero-order chi connectivity index (χ0) is 26.7. The number of carbonyl (C=O) groups is 1. The zero-order valence-corrected chi connectivity index (χ0v) is 22.5. The molecular formula is C26H36FN7O4. The third-order valence-corrected chi connectivity index (χ3v) is 8.21. The van der Waals surface area contributed by atoms with Crippen LogP contribution in [0.25, 0.3) is 11.0 Å².